The minimum absolute atomic E-state index is 0.0417. The lowest BCUT2D eigenvalue weighted by molar-refractivity contribution is -0.142. The minimum atomic E-state index is -0.820. The van der Waals surface area contributed by atoms with E-state index in [-0.39, 0.29) is 12.5 Å². The number of carboxylic acids is 1. The Bertz CT molecular complexity index is 321. The summed E-state index contributed by atoms with van der Waals surface area (Å²) in [6.07, 6.45) is 1.35. The SMILES string of the molecule is CCCC1CN(C(=O)OC(C)(C)C)CC1C(=O)O. The van der Waals surface area contributed by atoms with Crippen LogP contribution in [0, 0.1) is 11.8 Å². The Balaban J connectivity index is 2.65. The number of ether oxygens (including phenoxy) is 1. The van der Waals surface area contributed by atoms with Crippen LogP contribution in [0.1, 0.15) is 40.5 Å². The van der Waals surface area contributed by atoms with Crippen LogP contribution >= 0.6 is 0 Å². The average molecular weight is 257 g/mol. The van der Waals surface area contributed by atoms with E-state index in [0.717, 1.165) is 12.8 Å². The molecule has 5 heteroatoms. The summed E-state index contributed by atoms with van der Waals surface area (Å²) in [5.74, 6) is -1.24. The maximum atomic E-state index is 11.9. The Hall–Kier alpha value is -1.26. The van der Waals surface area contributed by atoms with E-state index in [9.17, 15) is 9.59 Å². The Morgan fingerprint density at radius 2 is 1.94 bits per heavy atom. The van der Waals surface area contributed by atoms with E-state index in [1.807, 2.05) is 6.92 Å². The molecule has 2 atom stereocenters. The number of carbonyl (C=O) groups is 2. The van der Waals surface area contributed by atoms with Crippen LogP contribution in [0.5, 0.6) is 0 Å². The summed E-state index contributed by atoms with van der Waals surface area (Å²) in [6, 6.07) is 0. The Labute approximate surface area is 108 Å². The summed E-state index contributed by atoms with van der Waals surface area (Å²) in [7, 11) is 0. The number of likely N-dealkylation sites (tertiary alicyclic amines) is 1. The lowest BCUT2D eigenvalue weighted by Gasteiger charge is -2.24. The summed E-state index contributed by atoms with van der Waals surface area (Å²) < 4.78 is 5.27. The van der Waals surface area contributed by atoms with Gasteiger partial charge >= 0.3 is 12.1 Å². The molecule has 1 saturated heterocycles. The van der Waals surface area contributed by atoms with Gasteiger partial charge in [-0.2, -0.15) is 0 Å². The molecule has 0 spiro atoms. The van der Waals surface area contributed by atoms with E-state index in [1.165, 1.54) is 4.90 Å². The van der Waals surface area contributed by atoms with Crippen molar-refractivity contribution in [2.75, 3.05) is 13.1 Å². The highest BCUT2D eigenvalue weighted by molar-refractivity contribution is 5.74. The monoisotopic (exact) mass is 257 g/mol. The smallest absolute Gasteiger partial charge is 0.410 e. The second-order valence-electron chi connectivity index (χ2n) is 5.88. The van der Waals surface area contributed by atoms with Crippen molar-refractivity contribution < 1.29 is 19.4 Å². The molecule has 1 amide bonds. The molecule has 5 nitrogen and oxygen atoms in total. The van der Waals surface area contributed by atoms with Gasteiger partial charge in [-0.15, -0.1) is 0 Å². The molecule has 0 aliphatic carbocycles. The summed E-state index contributed by atoms with van der Waals surface area (Å²) in [5.41, 5.74) is -0.543. The van der Waals surface area contributed by atoms with Crippen LogP contribution in [-0.2, 0) is 9.53 Å². The largest absolute Gasteiger partial charge is 0.481 e. The topological polar surface area (TPSA) is 66.8 Å². The van der Waals surface area contributed by atoms with Crippen molar-refractivity contribution in [1.29, 1.82) is 0 Å². The second kappa shape index (κ2) is 5.59. The average Bonchev–Trinajstić information content (AvgIpc) is 2.59. The first-order chi connectivity index (χ1) is 8.24. The van der Waals surface area contributed by atoms with Gasteiger partial charge in [-0.3, -0.25) is 4.79 Å². The number of aliphatic carboxylic acids is 1. The fourth-order valence-electron chi connectivity index (χ4n) is 2.29. The van der Waals surface area contributed by atoms with Crippen molar-refractivity contribution in [1.82, 2.24) is 4.90 Å². The van der Waals surface area contributed by atoms with Crippen molar-refractivity contribution in [2.45, 2.75) is 46.1 Å². The highest BCUT2D eigenvalue weighted by atomic mass is 16.6. The first kappa shape index (κ1) is 14.8. The van der Waals surface area contributed by atoms with Gasteiger partial charge in [0.25, 0.3) is 0 Å². The second-order valence-corrected chi connectivity index (χ2v) is 5.88. The van der Waals surface area contributed by atoms with Crippen LogP contribution in [0.4, 0.5) is 4.79 Å². The molecule has 0 radical (unpaired) electrons. The molecule has 0 aromatic carbocycles. The van der Waals surface area contributed by atoms with Crippen molar-refractivity contribution in [2.24, 2.45) is 11.8 Å². The van der Waals surface area contributed by atoms with Gasteiger partial charge in [-0.05, 0) is 33.1 Å². The van der Waals surface area contributed by atoms with E-state index in [0.29, 0.717) is 6.54 Å². The molecule has 1 aliphatic heterocycles. The minimum Gasteiger partial charge on any atom is -0.481 e. The summed E-state index contributed by atoms with van der Waals surface area (Å²) >= 11 is 0. The van der Waals surface area contributed by atoms with E-state index in [4.69, 9.17) is 9.84 Å². The van der Waals surface area contributed by atoms with Gasteiger partial charge in [0.15, 0.2) is 0 Å². The molecule has 1 N–H and O–H groups in total. The normalized spacial score (nSPS) is 24.1. The highest BCUT2D eigenvalue weighted by Crippen LogP contribution is 2.28. The predicted octanol–water partition coefficient (Wildman–Crippen LogP) is 2.35. The molecular formula is C13H23NO4. The number of hydrogen-bond acceptors (Lipinski definition) is 3. The fourth-order valence-corrected chi connectivity index (χ4v) is 2.29. The van der Waals surface area contributed by atoms with Crippen LogP contribution in [-0.4, -0.2) is 40.8 Å². The zero-order chi connectivity index (χ0) is 13.9. The van der Waals surface area contributed by atoms with E-state index >= 15 is 0 Å². The van der Waals surface area contributed by atoms with E-state index in [1.54, 1.807) is 20.8 Å². The van der Waals surface area contributed by atoms with Gasteiger partial charge in [-0.25, -0.2) is 4.79 Å². The summed E-state index contributed by atoms with van der Waals surface area (Å²) in [6.45, 7) is 8.18. The number of rotatable bonds is 3. The number of hydrogen-bond donors (Lipinski definition) is 1. The van der Waals surface area contributed by atoms with Gasteiger partial charge in [0.2, 0.25) is 0 Å². The Morgan fingerprint density at radius 3 is 2.39 bits per heavy atom. The first-order valence-corrected chi connectivity index (χ1v) is 6.45. The van der Waals surface area contributed by atoms with Crippen LogP contribution in [0.15, 0.2) is 0 Å². The molecule has 104 valence electrons. The van der Waals surface area contributed by atoms with E-state index < -0.39 is 23.6 Å². The van der Waals surface area contributed by atoms with Gasteiger partial charge in [-0.1, -0.05) is 13.3 Å². The molecule has 0 aromatic rings. The molecule has 0 aromatic heterocycles. The third-order valence-corrected chi connectivity index (χ3v) is 3.07. The van der Waals surface area contributed by atoms with Crippen molar-refractivity contribution in [3.8, 4) is 0 Å². The van der Waals surface area contributed by atoms with Crippen LogP contribution < -0.4 is 0 Å². The third-order valence-electron chi connectivity index (χ3n) is 3.07. The molecule has 0 saturated carbocycles. The number of carboxylic acid groups (broad SMARTS) is 1. The zero-order valence-electron chi connectivity index (χ0n) is 11.6. The number of nitrogens with zero attached hydrogens (tertiary/aromatic N) is 1. The van der Waals surface area contributed by atoms with Crippen LogP contribution in [0.2, 0.25) is 0 Å². The summed E-state index contributed by atoms with van der Waals surface area (Å²) in [5, 5.41) is 9.16. The molecule has 2 unspecified atom stereocenters. The Morgan fingerprint density at radius 1 is 1.33 bits per heavy atom. The lowest BCUT2D eigenvalue weighted by atomic mass is 9.92. The highest BCUT2D eigenvalue weighted by Gasteiger charge is 2.40. The number of amides is 1. The van der Waals surface area contributed by atoms with Gasteiger partial charge in [0.05, 0.1) is 5.92 Å². The quantitative estimate of drug-likeness (QED) is 0.842. The van der Waals surface area contributed by atoms with Gasteiger partial charge in [0.1, 0.15) is 5.60 Å². The maximum absolute atomic E-state index is 11.9. The molecule has 1 rings (SSSR count). The predicted molar refractivity (Wildman–Crippen MR) is 67.3 cm³/mol. The Kier molecular flexibility index (Phi) is 4.59. The molecule has 1 fully saturated rings. The number of carbonyl (C=O) groups excluding carboxylic acids is 1. The molecule has 18 heavy (non-hydrogen) atoms. The van der Waals surface area contributed by atoms with Crippen LogP contribution in [0.3, 0.4) is 0 Å². The molecule has 1 aliphatic rings. The lowest BCUT2D eigenvalue weighted by Crippen LogP contribution is -2.35. The van der Waals surface area contributed by atoms with E-state index in [2.05, 4.69) is 0 Å². The third kappa shape index (κ3) is 3.89. The van der Waals surface area contributed by atoms with Gasteiger partial charge in [0, 0.05) is 13.1 Å². The standard InChI is InChI=1S/C13H23NO4/c1-5-6-9-7-14(8-10(9)11(15)16)12(17)18-13(2,3)4/h9-10H,5-8H2,1-4H3,(H,15,16). The molecule has 0 bridgehead atoms. The first-order valence-electron chi connectivity index (χ1n) is 6.45. The fraction of sp³-hybridized carbons (Fsp3) is 0.846. The molecular weight excluding hydrogens is 234 g/mol. The zero-order valence-corrected chi connectivity index (χ0v) is 11.6. The maximum Gasteiger partial charge on any atom is 0.410 e. The van der Waals surface area contributed by atoms with Crippen molar-refractivity contribution in [3.63, 3.8) is 0 Å². The van der Waals surface area contributed by atoms with Crippen molar-refractivity contribution in [3.05, 3.63) is 0 Å². The summed E-state index contributed by atoms with van der Waals surface area (Å²) in [4.78, 5) is 24.6. The van der Waals surface area contributed by atoms with Gasteiger partial charge < -0.3 is 14.7 Å². The van der Waals surface area contributed by atoms with Crippen LogP contribution in [0.25, 0.3) is 0 Å². The van der Waals surface area contributed by atoms with Crippen molar-refractivity contribution >= 4 is 12.1 Å². The molecule has 1 heterocycles.